The van der Waals surface area contributed by atoms with Crippen molar-refractivity contribution in [3.63, 3.8) is 0 Å². The Kier molecular flexibility index (Phi) is 4.40. The molecule has 3 aromatic carbocycles. The van der Waals surface area contributed by atoms with Crippen molar-refractivity contribution in [2.24, 2.45) is 0 Å². The molecule has 3 aromatic rings. The van der Waals surface area contributed by atoms with E-state index in [-0.39, 0.29) is 0 Å². The monoisotopic (exact) mass is 338 g/mol. The van der Waals surface area contributed by atoms with Crippen LogP contribution >= 0.6 is 15.9 Å². The summed E-state index contributed by atoms with van der Waals surface area (Å²) in [5, 5.41) is 2.68. The second-order valence-corrected chi connectivity index (χ2v) is 6.47. The maximum absolute atomic E-state index is 3.90. The number of hydrogen-bond acceptors (Lipinski definition) is 0. The lowest BCUT2D eigenvalue weighted by Gasteiger charge is -2.15. The zero-order chi connectivity index (χ0) is 14.7. The molecule has 0 aliphatic heterocycles. The molecule has 0 amide bonds. The van der Waals surface area contributed by atoms with Gasteiger partial charge in [-0.05, 0) is 40.3 Å². The molecule has 21 heavy (non-hydrogen) atoms. The molecule has 0 aliphatic carbocycles. The van der Waals surface area contributed by atoms with Gasteiger partial charge in [-0.2, -0.15) is 0 Å². The van der Waals surface area contributed by atoms with Gasteiger partial charge in [-0.15, -0.1) is 0 Å². The van der Waals surface area contributed by atoms with Gasteiger partial charge in [0.1, 0.15) is 0 Å². The molecule has 0 saturated carbocycles. The van der Waals surface area contributed by atoms with Crippen LogP contribution < -0.4 is 0 Å². The molecule has 1 heteroatoms. The fourth-order valence-electron chi connectivity index (χ4n) is 2.94. The van der Waals surface area contributed by atoms with Crippen LogP contribution in [0.2, 0.25) is 0 Å². The number of halogens is 1. The van der Waals surface area contributed by atoms with E-state index in [0.29, 0.717) is 4.83 Å². The molecule has 0 N–H and O–H groups in total. The topological polar surface area (TPSA) is 0 Å². The van der Waals surface area contributed by atoms with Crippen LogP contribution in [0.4, 0.5) is 0 Å². The van der Waals surface area contributed by atoms with E-state index >= 15 is 0 Å². The van der Waals surface area contributed by atoms with Gasteiger partial charge in [0, 0.05) is 4.83 Å². The van der Waals surface area contributed by atoms with Gasteiger partial charge in [0.15, 0.2) is 0 Å². The average Bonchev–Trinajstić information content (AvgIpc) is 2.55. The third-order valence-corrected chi connectivity index (χ3v) is 4.87. The van der Waals surface area contributed by atoms with E-state index in [4.69, 9.17) is 0 Å². The smallest absolute Gasteiger partial charge is 0.0438 e. The quantitative estimate of drug-likeness (QED) is 0.505. The molecule has 0 radical (unpaired) electrons. The molecule has 1 unspecified atom stereocenters. The highest BCUT2D eigenvalue weighted by Gasteiger charge is 2.13. The standard InChI is InChI=1S/C20H19Br/c1-2-15-8-3-6-13-19(15)20(21)14-17-11-7-10-16-9-4-5-12-18(16)17/h3-13,20H,2,14H2,1H3. The first-order chi connectivity index (χ1) is 10.3. The minimum atomic E-state index is 0.361. The molecule has 0 nitrogen and oxygen atoms in total. The summed E-state index contributed by atoms with van der Waals surface area (Å²) in [6.45, 7) is 2.22. The zero-order valence-corrected chi connectivity index (χ0v) is 13.8. The van der Waals surface area contributed by atoms with Crippen molar-refractivity contribution in [2.75, 3.05) is 0 Å². The molecular formula is C20H19Br. The molecular weight excluding hydrogens is 320 g/mol. The van der Waals surface area contributed by atoms with Gasteiger partial charge >= 0.3 is 0 Å². The highest BCUT2D eigenvalue weighted by Crippen LogP contribution is 2.32. The van der Waals surface area contributed by atoms with Crippen molar-refractivity contribution in [2.45, 2.75) is 24.6 Å². The lowest BCUT2D eigenvalue weighted by atomic mass is 9.95. The van der Waals surface area contributed by atoms with E-state index in [0.717, 1.165) is 12.8 Å². The molecule has 0 saturated heterocycles. The molecule has 1 atom stereocenters. The highest BCUT2D eigenvalue weighted by molar-refractivity contribution is 9.09. The van der Waals surface area contributed by atoms with Crippen molar-refractivity contribution in [1.82, 2.24) is 0 Å². The second-order valence-electron chi connectivity index (χ2n) is 5.36. The Labute approximate surface area is 134 Å². The molecule has 3 rings (SSSR count). The predicted octanol–water partition coefficient (Wildman–Crippen LogP) is 6.08. The first-order valence-electron chi connectivity index (χ1n) is 7.48. The van der Waals surface area contributed by atoms with Gasteiger partial charge in [-0.3, -0.25) is 0 Å². The number of hydrogen-bond donors (Lipinski definition) is 0. The zero-order valence-electron chi connectivity index (χ0n) is 12.2. The highest BCUT2D eigenvalue weighted by atomic mass is 79.9. The number of rotatable bonds is 4. The van der Waals surface area contributed by atoms with Crippen LogP contribution in [0.5, 0.6) is 0 Å². The van der Waals surface area contributed by atoms with Crippen LogP contribution in [-0.4, -0.2) is 0 Å². The van der Waals surface area contributed by atoms with Crippen LogP contribution in [0.15, 0.2) is 66.7 Å². The first-order valence-corrected chi connectivity index (χ1v) is 8.39. The van der Waals surface area contributed by atoms with Gasteiger partial charge in [-0.1, -0.05) is 89.6 Å². The fourth-order valence-corrected chi connectivity index (χ4v) is 3.73. The van der Waals surface area contributed by atoms with Gasteiger partial charge in [0.2, 0.25) is 0 Å². The maximum Gasteiger partial charge on any atom is 0.0438 e. The van der Waals surface area contributed by atoms with Crippen molar-refractivity contribution >= 4 is 26.7 Å². The molecule has 0 bridgehead atoms. The van der Waals surface area contributed by atoms with Crippen molar-refractivity contribution in [3.05, 3.63) is 83.4 Å². The van der Waals surface area contributed by atoms with E-state index in [2.05, 4.69) is 89.6 Å². The Morgan fingerprint density at radius 3 is 2.33 bits per heavy atom. The minimum Gasteiger partial charge on any atom is -0.0835 e. The maximum atomic E-state index is 3.90. The van der Waals surface area contributed by atoms with Crippen LogP contribution in [0.25, 0.3) is 10.8 Å². The third kappa shape index (κ3) is 3.03. The summed E-state index contributed by atoms with van der Waals surface area (Å²) in [6, 6.07) is 23.9. The van der Waals surface area contributed by atoms with Gasteiger partial charge in [-0.25, -0.2) is 0 Å². The second kappa shape index (κ2) is 6.44. The Morgan fingerprint density at radius 1 is 0.810 bits per heavy atom. The molecule has 106 valence electrons. The fraction of sp³-hybridized carbons (Fsp3) is 0.200. The SMILES string of the molecule is CCc1ccccc1C(Br)Cc1cccc2ccccc12. The van der Waals surface area contributed by atoms with Gasteiger partial charge in [0.05, 0.1) is 0 Å². The number of fused-ring (bicyclic) bond motifs is 1. The average molecular weight is 339 g/mol. The van der Waals surface area contributed by atoms with Crippen molar-refractivity contribution in [3.8, 4) is 0 Å². The van der Waals surface area contributed by atoms with Crippen LogP contribution in [0, 0.1) is 0 Å². The summed E-state index contributed by atoms with van der Waals surface area (Å²) in [7, 11) is 0. The van der Waals surface area contributed by atoms with E-state index < -0.39 is 0 Å². The normalized spacial score (nSPS) is 12.5. The van der Waals surface area contributed by atoms with Gasteiger partial charge < -0.3 is 0 Å². The summed E-state index contributed by atoms with van der Waals surface area (Å²) in [5.41, 5.74) is 4.24. The van der Waals surface area contributed by atoms with Crippen LogP contribution in [0.3, 0.4) is 0 Å². The molecule has 0 heterocycles. The lowest BCUT2D eigenvalue weighted by Crippen LogP contribution is -2.00. The molecule has 0 aliphatic rings. The van der Waals surface area contributed by atoms with E-state index in [9.17, 15) is 0 Å². The molecule has 0 fully saturated rings. The van der Waals surface area contributed by atoms with Crippen LogP contribution in [0.1, 0.15) is 28.4 Å². The summed E-state index contributed by atoms with van der Waals surface area (Å²) >= 11 is 3.90. The summed E-state index contributed by atoms with van der Waals surface area (Å²) < 4.78 is 0. The summed E-state index contributed by atoms with van der Waals surface area (Å²) in [6.07, 6.45) is 2.09. The number of alkyl halides is 1. The van der Waals surface area contributed by atoms with Crippen LogP contribution in [-0.2, 0) is 12.8 Å². The number of benzene rings is 3. The Hall–Kier alpha value is -1.60. The van der Waals surface area contributed by atoms with Crippen molar-refractivity contribution in [1.29, 1.82) is 0 Å². The molecule has 0 aromatic heterocycles. The Morgan fingerprint density at radius 2 is 1.48 bits per heavy atom. The Bertz CT molecular complexity index is 740. The summed E-state index contributed by atoms with van der Waals surface area (Å²) in [5.74, 6) is 0. The molecule has 0 spiro atoms. The van der Waals surface area contributed by atoms with E-state index in [1.165, 1.54) is 27.5 Å². The van der Waals surface area contributed by atoms with Crippen molar-refractivity contribution < 1.29 is 0 Å². The first kappa shape index (κ1) is 14.3. The third-order valence-electron chi connectivity index (χ3n) is 4.05. The largest absolute Gasteiger partial charge is 0.0835 e. The minimum absolute atomic E-state index is 0.361. The van der Waals surface area contributed by atoms with E-state index in [1.54, 1.807) is 0 Å². The van der Waals surface area contributed by atoms with E-state index in [1.807, 2.05) is 0 Å². The lowest BCUT2D eigenvalue weighted by molar-refractivity contribution is 0.928. The Balaban J connectivity index is 1.95. The summed E-state index contributed by atoms with van der Waals surface area (Å²) in [4.78, 5) is 0.361. The predicted molar refractivity (Wildman–Crippen MR) is 95.1 cm³/mol. The number of aryl methyl sites for hydroxylation is 1. The van der Waals surface area contributed by atoms with Gasteiger partial charge in [0.25, 0.3) is 0 Å².